The molecule has 3 saturated heterocycles. The maximum atomic E-state index is 11.6. The average molecular weight is 1170 g/mol. The molecule has 16 N–H and O–H groups in total. The largest absolute Gasteiger partial charge is 0.508 e. The molecule has 0 saturated carbocycles. The fourth-order valence-corrected chi connectivity index (χ4v) is 11.4. The third kappa shape index (κ3) is 11.3. The number of benzene rings is 6. The fourth-order valence-electron chi connectivity index (χ4n) is 11.4. The highest BCUT2D eigenvalue weighted by Gasteiger charge is 2.50. The lowest BCUT2D eigenvalue weighted by atomic mass is 9.75. The lowest BCUT2D eigenvalue weighted by Crippen LogP contribution is -2.60. The molecule has 5 aliphatic heterocycles. The highest BCUT2D eigenvalue weighted by molar-refractivity contribution is 5.76. The highest BCUT2D eigenvalue weighted by Crippen LogP contribution is 2.60. The van der Waals surface area contributed by atoms with E-state index in [0.717, 1.165) is 0 Å². The molecule has 19 atom stereocenters. The number of ether oxygens (including phenoxy) is 8. The molecule has 0 aliphatic carbocycles. The van der Waals surface area contributed by atoms with Crippen molar-refractivity contribution in [2.45, 2.75) is 116 Å². The van der Waals surface area contributed by atoms with E-state index >= 15 is 0 Å². The van der Waals surface area contributed by atoms with Crippen LogP contribution in [-0.2, 0) is 14.2 Å². The Kier molecular flexibility index (Phi) is 16.7. The van der Waals surface area contributed by atoms with Crippen molar-refractivity contribution in [3.8, 4) is 51.7 Å². The Balaban J connectivity index is 1.14. The molecule has 0 aromatic heterocycles. The van der Waals surface area contributed by atoms with Gasteiger partial charge in [0.1, 0.15) is 137 Å². The first-order valence-corrected chi connectivity index (χ1v) is 26.8. The van der Waals surface area contributed by atoms with Crippen LogP contribution in [0, 0.1) is 0 Å². The van der Waals surface area contributed by atoms with Crippen LogP contribution in [0.1, 0.15) is 68.6 Å². The maximum absolute atomic E-state index is 11.6. The summed E-state index contributed by atoms with van der Waals surface area (Å²) in [5.41, 5.74) is 3.39. The molecular formula is C60H62O24. The molecule has 5 heterocycles. The summed E-state index contributed by atoms with van der Waals surface area (Å²) in [7, 11) is 0. The summed E-state index contributed by atoms with van der Waals surface area (Å²) >= 11 is 0. The number of fused-ring (bicyclic) bond motifs is 2. The van der Waals surface area contributed by atoms with Crippen LogP contribution in [0.15, 0.2) is 115 Å². The third-order valence-corrected chi connectivity index (χ3v) is 15.7. The van der Waals surface area contributed by atoms with E-state index in [9.17, 15) is 81.7 Å². The Morgan fingerprint density at radius 1 is 0.369 bits per heavy atom. The molecule has 0 bridgehead atoms. The molecule has 0 spiro atoms. The minimum absolute atomic E-state index is 0.00114. The second kappa shape index (κ2) is 24.0. The van der Waals surface area contributed by atoms with E-state index in [0.29, 0.717) is 38.9 Å². The molecule has 84 heavy (non-hydrogen) atoms. The first-order valence-electron chi connectivity index (χ1n) is 26.8. The standard InChI is InChI=1S/C60H62O24/c61-22-40-47(68)50(71)53(74)58(82-40)77-34-17-29(15-33(67)18-34)44-45-37(19-36(79-60-55(76)52(73)49(70)42(24-63)84-60)21-39(45)81-56(44)26-5-11-31(65)12-6-26)46-43-28(4-1-25-2-9-30(64)10-3-25)16-35(78-59-54(75)51(72)48(69)41(23-62)83-59)20-38(43)80-57(46)27-7-13-32(66)14-8-27/h1-21,40-42,44,46-76H,22-24H2. The number of hydrogen-bond acceptors (Lipinski definition) is 24. The average Bonchev–Trinajstić information content (AvgIpc) is 2.02. The van der Waals surface area contributed by atoms with Crippen molar-refractivity contribution in [3.05, 3.63) is 160 Å². The Labute approximate surface area is 477 Å². The van der Waals surface area contributed by atoms with Gasteiger partial charge in [0.15, 0.2) is 0 Å². The van der Waals surface area contributed by atoms with Gasteiger partial charge in [-0.25, -0.2) is 0 Å². The molecule has 11 rings (SSSR count). The molecule has 6 aromatic rings. The topological polar surface area (TPSA) is 398 Å². The van der Waals surface area contributed by atoms with Gasteiger partial charge in [0.25, 0.3) is 0 Å². The molecule has 24 nitrogen and oxygen atoms in total. The summed E-state index contributed by atoms with van der Waals surface area (Å²) < 4.78 is 50.0. The summed E-state index contributed by atoms with van der Waals surface area (Å²) in [6.07, 6.45) is -24.0. The van der Waals surface area contributed by atoms with Gasteiger partial charge in [0.2, 0.25) is 18.9 Å². The van der Waals surface area contributed by atoms with Crippen molar-refractivity contribution >= 4 is 12.2 Å². The van der Waals surface area contributed by atoms with Crippen LogP contribution in [0.2, 0.25) is 0 Å². The summed E-state index contributed by atoms with van der Waals surface area (Å²) in [4.78, 5) is 0. The van der Waals surface area contributed by atoms with Crippen molar-refractivity contribution in [1.29, 1.82) is 0 Å². The van der Waals surface area contributed by atoms with E-state index in [-0.39, 0.29) is 57.3 Å². The SMILES string of the molecule is OCC1OC(Oc2cc(O)cc(C3c4c(cc(OC5OC(CO)C(O)C(O)C5O)cc4C4c5c(C=Cc6ccc(O)cc6)cc(OC6OC(CO)C(O)C(O)C6O)cc5OC4c4ccc(O)cc4)OC3c3ccc(O)cc3)c2)C(O)C(O)C1O. The van der Waals surface area contributed by atoms with Gasteiger partial charge in [-0.3, -0.25) is 0 Å². The summed E-state index contributed by atoms with van der Waals surface area (Å²) in [5.74, 6) is -2.56. The van der Waals surface area contributed by atoms with Crippen molar-refractivity contribution in [2.75, 3.05) is 19.8 Å². The van der Waals surface area contributed by atoms with Crippen LogP contribution >= 0.6 is 0 Å². The van der Waals surface area contributed by atoms with Crippen LogP contribution in [0.25, 0.3) is 12.2 Å². The van der Waals surface area contributed by atoms with Crippen LogP contribution in [0.4, 0.5) is 0 Å². The van der Waals surface area contributed by atoms with E-state index in [2.05, 4.69) is 0 Å². The molecule has 24 heteroatoms. The third-order valence-electron chi connectivity index (χ3n) is 15.7. The minimum Gasteiger partial charge on any atom is -0.508 e. The molecular weight excluding hydrogens is 1100 g/mol. The number of aliphatic hydroxyl groups is 12. The zero-order chi connectivity index (χ0) is 59.4. The van der Waals surface area contributed by atoms with Gasteiger partial charge in [0.05, 0.1) is 31.7 Å². The Morgan fingerprint density at radius 2 is 0.774 bits per heavy atom. The highest BCUT2D eigenvalue weighted by atomic mass is 16.7. The van der Waals surface area contributed by atoms with Crippen molar-refractivity contribution < 1.29 is 120 Å². The Bertz CT molecular complexity index is 3300. The Morgan fingerprint density at radius 3 is 1.23 bits per heavy atom. The molecule has 0 radical (unpaired) electrons. The van der Waals surface area contributed by atoms with E-state index in [1.807, 2.05) is 0 Å². The molecule has 6 aromatic carbocycles. The number of phenols is 4. The molecule has 19 unspecified atom stereocenters. The zero-order valence-corrected chi connectivity index (χ0v) is 44.1. The minimum atomic E-state index is -1.88. The van der Waals surface area contributed by atoms with Gasteiger partial charge in [0, 0.05) is 29.3 Å². The number of phenolic OH excluding ortho intramolecular Hbond substituents is 4. The molecule has 5 aliphatic rings. The monoisotopic (exact) mass is 1170 g/mol. The quantitative estimate of drug-likeness (QED) is 0.0631. The Hall–Kier alpha value is -7.34. The van der Waals surface area contributed by atoms with E-state index in [1.54, 1.807) is 60.7 Å². The van der Waals surface area contributed by atoms with Crippen molar-refractivity contribution in [1.82, 2.24) is 0 Å². The molecule has 446 valence electrons. The smallest absolute Gasteiger partial charge is 0.229 e. The number of aliphatic hydroxyl groups excluding tert-OH is 12. The summed E-state index contributed by atoms with van der Waals surface area (Å²) in [6.45, 7) is -2.28. The van der Waals surface area contributed by atoms with Gasteiger partial charge < -0.3 is 120 Å². The first kappa shape index (κ1) is 58.4. The lowest BCUT2D eigenvalue weighted by molar-refractivity contribution is -0.277. The number of hydrogen-bond donors (Lipinski definition) is 16. The fraction of sp³-hybridized carbons (Fsp3) is 0.367. The van der Waals surface area contributed by atoms with Crippen LogP contribution < -0.4 is 23.7 Å². The van der Waals surface area contributed by atoms with Gasteiger partial charge in [-0.2, -0.15) is 0 Å². The van der Waals surface area contributed by atoms with Crippen molar-refractivity contribution in [3.63, 3.8) is 0 Å². The van der Waals surface area contributed by atoms with E-state index < -0.39 is 136 Å². The van der Waals surface area contributed by atoms with Crippen molar-refractivity contribution in [2.24, 2.45) is 0 Å². The normalized spacial score (nSPS) is 32.7. The molecule has 3 fully saturated rings. The van der Waals surface area contributed by atoms with E-state index in [1.165, 1.54) is 66.7 Å². The maximum Gasteiger partial charge on any atom is 0.229 e. The van der Waals surface area contributed by atoms with Crippen LogP contribution in [0.5, 0.6) is 51.7 Å². The predicted molar refractivity (Wildman–Crippen MR) is 288 cm³/mol. The second-order valence-corrected chi connectivity index (χ2v) is 21.2. The van der Waals surface area contributed by atoms with Gasteiger partial charge in [-0.15, -0.1) is 0 Å². The van der Waals surface area contributed by atoms with Gasteiger partial charge in [-0.05, 0) is 94.0 Å². The zero-order valence-electron chi connectivity index (χ0n) is 44.1. The molecule has 0 amide bonds. The van der Waals surface area contributed by atoms with Crippen LogP contribution in [-0.4, -0.2) is 194 Å². The van der Waals surface area contributed by atoms with Gasteiger partial charge >= 0.3 is 0 Å². The number of rotatable bonds is 15. The van der Waals surface area contributed by atoms with Gasteiger partial charge in [-0.1, -0.05) is 48.6 Å². The van der Waals surface area contributed by atoms with Crippen LogP contribution in [0.3, 0.4) is 0 Å². The summed E-state index contributed by atoms with van der Waals surface area (Å²) in [6, 6.07) is 28.7. The lowest BCUT2D eigenvalue weighted by Gasteiger charge is -2.39. The summed E-state index contributed by atoms with van der Waals surface area (Å²) in [5, 5.41) is 171. The number of aromatic hydroxyl groups is 4. The van der Waals surface area contributed by atoms with E-state index in [4.69, 9.17) is 37.9 Å². The predicted octanol–water partition coefficient (Wildman–Crippen LogP) is 0.747. The second-order valence-electron chi connectivity index (χ2n) is 21.2. The first-order chi connectivity index (χ1) is 40.3.